The van der Waals surface area contributed by atoms with Gasteiger partial charge in [-0.15, -0.1) is 0 Å². The molecule has 0 spiro atoms. The molecule has 1 saturated carbocycles. The predicted molar refractivity (Wildman–Crippen MR) is 51.1 cm³/mol. The fraction of sp³-hybridized carbons (Fsp3) is 0.800. The van der Waals surface area contributed by atoms with E-state index in [1.54, 1.807) is 0 Å². The second-order valence-corrected chi connectivity index (χ2v) is 4.36. The van der Waals surface area contributed by atoms with Crippen molar-refractivity contribution in [3.8, 4) is 0 Å². The molecule has 1 aliphatic heterocycles. The van der Waals surface area contributed by atoms with Gasteiger partial charge in [-0.3, -0.25) is 4.79 Å². The van der Waals surface area contributed by atoms with Crippen LogP contribution in [0, 0.1) is 5.92 Å². The Labute approximate surface area is 87.7 Å². The van der Waals surface area contributed by atoms with Crippen LogP contribution in [0.25, 0.3) is 0 Å². The van der Waals surface area contributed by atoms with Crippen molar-refractivity contribution in [2.24, 2.45) is 5.92 Å². The van der Waals surface area contributed by atoms with Gasteiger partial charge in [0, 0.05) is 18.9 Å². The van der Waals surface area contributed by atoms with E-state index in [1.807, 2.05) is 0 Å². The van der Waals surface area contributed by atoms with Crippen molar-refractivity contribution in [2.45, 2.75) is 37.8 Å². The first kappa shape index (κ1) is 10.4. The first-order valence-corrected chi connectivity index (χ1v) is 5.31. The number of amides is 1. The molecule has 2 N–H and O–H groups in total. The van der Waals surface area contributed by atoms with E-state index >= 15 is 0 Å². The average Bonchev–Trinajstić information content (AvgIpc) is 2.44. The number of aliphatic hydroxyl groups is 1. The Bertz CT molecular complexity index is 287. The molecular formula is C10H15NO4. The molecule has 0 aromatic heterocycles. The lowest BCUT2D eigenvalue weighted by molar-refractivity contribution is -0.151. The number of β-amino-alcohol motifs (C(OH)–C–C–N with tert-alkyl or cyclic N) is 1. The minimum absolute atomic E-state index is 0.00264. The zero-order chi connectivity index (χ0) is 11.0. The number of hydrogen-bond donors (Lipinski definition) is 2. The van der Waals surface area contributed by atoms with Crippen molar-refractivity contribution in [1.29, 1.82) is 0 Å². The second-order valence-electron chi connectivity index (χ2n) is 4.36. The number of carboxylic acids is 1. The molecule has 0 aromatic carbocycles. The summed E-state index contributed by atoms with van der Waals surface area (Å²) in [6, 6.07) is -0.826. The highest BCUT2D eigenvalue weighted by Gasteiger charge is 2.42. The number of carbonyl (C=O) groups excluding carboxylic acids is 1. The molecule has 0 radical (unpaired) electrons. The van der Waals surface area contributed by atoms with E-state index in [9.17, 15) is 14.7 Å². The predicted octanol–water partition coefficient (Wildman–Crippen LogP) is -0.167. The van der Waals surface area contributed by atoms with Crippen LogP contribution in [0.3, 0.4) is 0 Å². The Hall–Kier alpha value is -1.10. The van der Waals surface area contributed by atoms with Crippen LogP contribution in [-0.4, -0.2) is 45.7 Å². The third-order valence-corrected chi connectivity index (χ3v) is 3.30. The third-order valence-electron chi connectivity index (χ3n) is 3.30. The summed E-state index contributed by atoms with van der Waals surface area (Å²) in [6.07, 6.45) is 2.24. The highest BCUT2D eigenvalue weighted by molar-refractivity contribution is 5.86. The molecule has 15 heavy (non-hydrogen) atoms. The highest BCUT2D eigenvalue weighted by Crippen LogP contribution is 2.31. The number of nitrogens with zero attached hydrogens (tertiary/aromatic N) is 1. The van der Waals surface area contributed by atoms with Crippen LogP contribution in [0.5, 0.6) is 0 Å². The Morgan fingerprint density at radius 2 is 1.93 bits per heavy atom. The van der Waals surface area contributed by atoms with Crippen molar-refractivity contribution in [3.05, 3.63) is 0 Å². The molecule has 0 aromatic rings. The molecule has 2 fully saturated rings. The largest absolute Gasteiger partial charge is 0.480 e. The van der Waals surface area contributed by atoms with Gasteiger partial charge in [-0.05, 0) is 12.8 Å². The smallest absolute Gasteiger partial charge is 0.326 e. The minimum Gasteiger partial charge on any atom is -0.480 e. The number of rotatable bonds is 2. The maximum atomic E-state index is 11.8. The number of carbonyl (C=O) groups is 2. The monoisotopic (exact) mass is 213 g/mol. The molecule has 2 aliphatic rings. The Balaban J connectivity index is 2.05. The molecule has 1 saturated heterocycles. The average molecular weight is 213 g/mol. The standard InChI is InChI=1S/C10H15NO4/c12-7-4-8(10(14)15)11(5-7)9(13)6-2-1-3-6/h6-8,12H,1-5H2,(H,14,15)/t7-,8+/m1/s1. The maximum Gasteiger partial charge on any atom is 0.326 e. The van der Waals surface area contributed by atoms with Crippen molar-refractivity contribution in [3.63, 3.8) is 0 Å². The SMILES string of the molecule is O=C(O)[C@@H]1C[C@@H](O)CN1C(=O)C1CCC1. The number of hydrogen-bond acceptors (Lipinski definition) is 3. The van der Waals surface area contributed by atoms with Gasteiger partial charge < -0.3 is 15.1 Å². The highest BCUT2D eigenvalue weighted by atomic mass is 16.4. The Morgan fingerprint density at radius 3 is 2.40 bits per heavy atom. The maximum absolute atomic E-state index is 11.8. The zero-order valence-electron chi connectivity index (χ0n) is 8.43. The van der Waals surface area contributed by atoms with Crippen LogP contribution >= 0.6 is 0 Å². The number of aliphatic hydroxyl groups excluding tert-OH is 1. The Morgan fingerprint density at radius 1 is 1.27 bits per heavy atom. The van der Waals surface area contributed by atoms with Gasteiger partial charge >= 0.3 is 5.97 Å². The van der Waals surface area contributed by atoms with Gasteiger partial charge in [0.1, 0.15) is 6.04 Å². The second kappa shape index (κ2) is 3.81. The van der Waals surface area contributed by atoms with Crippen LogP contribution in [0.2, 0.25) is 0 Å². The van der Waals surface area contributed by atoms with E-state index in [2.05, 4.69) is 0 Å². The number of aliphatic carboxylic acids is 1. The van der Waals surface area contributed by atoms with Crippen molar-refractivity contribution >= 4 is 11.9 Å². The lowest BCUT2D eigenvalue weighted by Crippen LogP contribution is -2.45. The van der Waals surface area contributed by atoms with Gasteiger partial charge in [0.2, 0.25) is 5.91 Å². The molecule has 1 aliphatic carbocycles. The summed E-state index contributed by atoms with van der Waals surface area (Å²) in [5.41, 5.74) is 0. The molecular weight excluding hydrogens is 198 g/mol. The van der Waals surface area contributed by atoms with E-state index in [4.69, 9.17) is 5.11 Å². The van der Waals surface area contributed by atoms with Gasteiger partial charge in [0.25, 0.3) is 0 Å². The van der Waals surface area contributed by atoms with Crippen LogP contribution < -0.4 is 0 Å². The molecule has 1 heterocycles. The van der Waals surface area contributed by atoms with E-state index < -0.39 is 18.1 Å². The van der Waals surface area contributed by atoms with Gasteiger partial charge in [-0.1, -0.05) is 6.42 Å². The summed E-state index contributed by atoms with van der Waals surface area (Å²) in [4.78, 5) is 24.1. The quantitative estimate of drug-likeness (QED) is 0.667. The zero-order valence-corrected chi connectivity index (χ0v) is 8.43. The van der Waals surface area contributed by atoms with Crippen molar-refractivity contribution in [2.75, 3.05) is 6.54 Å². The first-order valence-electron chi connectivity index (χ1n) is 5.31. The summed E-state index contributed by atoms with van der Waals surface area (Å²) in [6.45, 7) is 0.173. The summed E-state index contributed by atoms with van der Waals surface area (Å²) in [5, 5.41) is 18.3. The van der Waals surface area contributed by atoms with Crippen LogP contribution in [-0.2, 0) is 9.59 Å². The summed E-state index contributed by atoms with van der Waals surface area (Å²) in [7, 11) is 0. The van der Waals surface area contributed by atoms with Crippen molar-refractivity contribution in [1.82, 2.24) is 4.90 Å². The summed E-state index contributed by atoms with van der Waals surface area (Å²) in [5.74, 6) is -1.11. The molecule has 5 heteroatoms. The summed E-state index contributed by atoms with van der Waals surface area (Å²) >= 11 is 0. The third kappa shape index (κ3) is 1.84. The molecule has 0 unspecified atom stereocenters. The molecule has 84 valence electrons. The lowest BCUT2D eigenvalue weighted by atomic mass is 9.84. The molecule has 2 atom stereocenters. The van der Waals surface area contributed by atoms with Gasteiger partial charge in [0.15, 0.2) is 0 Å². The fourth-order valence-corrected chi connectivity index (χ4v) is 2.18. The fourth-order valence-electron chi connectivity index (χ4n) is 2.18. The molecule has 2 rings (SSSR count). The minimum atomic E-state index is -1.01. The normalized spacial score (nSPS) is 31.4. The van der Waals surface area contributed by atoms with Crippen LogP contribution in [0.4, 0.5) is 0 Å². The van der Waals surface area contributed by atoms with Gasteiger partial charge in [0.05, 0.1) is 6.10 Å². The van der Waals surface area contributed by atoms with Crippen LogP contribution in [0.1, 0.15) is 25.7 Å². The van der Waals surface area contributed by atoms with Gasteiger partial charge in [-0.2, -0.15) is 0 Å². The van der Waals surface area contributed by atoms with Crippen molar-refractivity contribution < 1.29 is 19.8 Å². The molecule has 5 nitrogen and oxygen atoms in total. The number of carboxylic acid groups (broad SMARTS) is 1. The van der Waals surface area contributed by atoms with E-state index in [0.717, 1.165) is 19.3 Å². The van der Waals surface area contributed by atoms with E-state index in [0.29, 0.717) is 0 Å². The van der Waals surface area contributed by atoms with E-state index in [-0.39, 0.29) is 24.8 Å². The first-order chi connectivity index (χ1) is 7.09. The topological polar surface area (TPSA) is 77.8 Å². The lowest BCUT2D eigenvalue weighted by Gasteiger charge is -2.31. The molecule has 1 amide bonds. The summed E-state index contributed by atoms with van der Waals surface area (Å²) < 4.78 is 0. The molecule has 0 bridgehead atoms. The van der Waals surface area contributed by atoms with E-state index in [1.165, 1.54) is 4.90 Å². The number of likely N-dealkylation sites (tertiary alicyclic amines) is 1. The Kier molecular flexibility index (Phi) is 2.65. The van der Waals surface area contributed by atoms with Gasteiger partial charge in [-0.25, -0.2) is 4.79 Å². The van der Waals surface area contributed by atoms with Crippen LogP contribution in [0.15, 0.2) is 0 Å².